The number of anilines is 2. The van der Waals surface area contributed by atoms with Gasteiger partial charge in [0.05, 0.1) is 9.79 Å². The van der Waals surface area contributed by atoms with Crippen molar-refractivity contribution in [2.75, 3.05) is 5.32 Å². The van der Waals surface area contributed by atoms with Crippen molar-refractivity contribution in [3.05, 3.63) is 54.6 Å². The number of nitrogens with one attached hydrogen (secondary N) is 1. The van der Waals surface area contributed by atoms with Gasteiger partial charge < -0.3 is 10.4 Å². The molecule has 0 heterocycles. The molecule has 0 atom stereocenters. The Morgan fingerprint density at radius 2 is 1.38 bits per heavy atom. The van der Waals surface area contributed by atoms with Crippen LogP contribution in [0.1, 0.15) is 0 Å². The lowest BCUT2D eigenvalue weighted by Gasteiger charge is -2.10. The summed E-state index contributed by atoms with van der Waals surface area (Å²) < 4.78 is 63.2. The number of phenols is 1. The maximum Gasteiger partial charge on any atom is 0.294 e. The second-order valence-corrected chi connectivity index (χ2v) is 8.32. The summed E-state index contributed by atoms with van der Waals surface area (Å²) >= 11 is 0. The van der Waals surface area contributed by atoms with Crippen molar-refractivity contribution in [3.63, 3.8) is 0 Å². The highest BCUT2D eigenvalue weighted by molar-refractivity contribution is 7.86. The summed E-state index contributed by atoms with van der Waals surface area (Å²) in [6.45, 7) is 0. The largest absolute Gasteiger partial charge is 0.507 e. The van der Waals surface area contributed by atoms with E-state index < -0.39 is 25.1 Å². The molecule has 0 aliphatic heterocycles. The molecule has 0 aliphatic rings. The van der Waals surface area contributed by atoms with Gasteiger partial charge in [0.25, 0.3) is 20.2 Å². The molecule has 0 saturated heterocycles. The molecular weight excluding hydrogens is 382 g/mol. The maximum atomic E-state index is 11.3. The number of hydrogen-bond acceptors (Lipinski definition) is 6. The molecule has 3 aromatic rings. The lowest BCUT2D eigenvalue weighted by atomic mass is 10.1. The maximum absolute atomic E-state index is 11.3. The van der Waals surface area contributed by atoms with Crippen LogP contribution in [0, 0.1) is 0 Å². The molecule has 0 aliphatic carbocycles. The lowest BCUT2D eigenvalue weighted by Crippen LogP contribution is -1.99. The van der Waals surface area contributed by atoms with Crippen molar-refractivity contribution >= 4 is 42.4 Å². The second kappa shape index (κ2) is 6.25. The van der Waals surface area contributed by atoms with E-state index in [1.54, 1.807) is 12.1 Å². The van der Waals surface area contributed by atoms with E-state index in [1.807, 2.05) is 0 Å². The summed E-state index contributed by atoms with van der Waals surface area (Å²) in [7, 11) is -8.83. The van der Waals surface area contributed by atoms with Crippen molar-refractivity contribution in [1.82, 2.24) is 0 Å². The normalized spacial score (nSPS) is 12.2. The predicted octanol–water partition coefficient (Wildman–Crippen LogP) is 2.78. The SMILES string of the molecule is O=S(=O)(O)c1cccc(Nc2ccc3c(O)cc(S(=O)(=O)O)cc3c2)c1. The van der Waals surface area contributed by atoms with Crippen LogP contribution in [0.2, 0.25) is 0 Å². The van der Waals surface area contributed by atoms with E-state index in [-0.39, 0.29) is 10.6 Å². The highest BCUT2D eigenvalue weighted by Crippen LogP contribution is 2.31. The molecule has 0 fully saturated rings. The van der Waals surface area contributed by atoms with Crippen LogP contribution in [0.3, 0.4) is 0 Å². The van der Waals surface area contributed by atoms with Gasteiger partial charge in [-0.05, 0) is 47.9 Å². The van der Waals surface area contributed by atoms with Crippen molar-refractivity contribution in [1.29, 1.82) is 0 Å². The van der Waals surface area contributed by atoms with Crippen LogP contribution in [0.25, 0.3) is 10.8 Å². The Labute approximate surface area is 149 Å². The van der Waals surface area contributed by atoms with Crippen LogP contribution in [-0.4, -0.2) is 31.0 Å². The van der Waals surface area contributed by atoms with Crippen LogP contribution in [0.15, 0.2) is 64.4 Å². The van der Waals surface area contributed by atoms with Crippen molar-refractivity contribution < 1.29 is 31.0 Å². The zero-order chi connectivity index (χ0) is 19.1. The molecule has 0 spiro atoms. The van der Waals surface area contributed by atoms with Gasteiger partial charge in [0.2, 0.25) is 0 Å². The topological polar surface area (TPSA) is 141 Å². The average molecular weight is 395 g/mol. The quantitative estimate of drug-likeness (QED) is 0.494. The van der Waals surface area contributed by atoms with Crippen molar-refractivity contribution in [2.24, 2.45) is 0 Å². The summed E-state index contributed by atoms with van der Waals surface area (Å²) in [6, 6.07) is 12.3. The molecule has 4 N–H and O–H groups in total. The molecule has 0 bridgehead atoms. The van der Waals surface area contributed by atoms with Gasteiger partial charge >= 0.3 is 0 Å². The van der Waals surface area contributed by atoms with Crippen LogP contribution in [0.4, 0.5) is 11.4 Å². The van der Waals surface area contributed by atoms with E-state index in [0.717, 1.165) is 6.07 Å². The third kappa shape index (κ3) is 3.78. The van der Waals surface area contributed by atoms with Gasteiger partial charge in [-0.15, -0.1) is 0 Å². The molecule has 8 nitrogen and oxygen atoms in total. The smallest absolute Gasteiger partial charge is 0.294 e. The summed E-state index contributed by atoms with van der Waals surface area (Å²) in [6.07, 6.45) is 0. The van der Waals surface area contributed by atoms with E-state index in [4.69, 9.17) is 9.11 Å². The third-order valence-electron chi connectivity index (χ3n) is 3.62. The first-order valence-corrected chi connectivity index (χ1v) is 10.0. The molecule has 0 radical (unpaired) electrons. The monoisotopic (exact) mass is 395 g/mol. The molecule has 3 rings (SSSR count). The van der Waals surface area contributed by atoms with Crippen LogP contribution in [0.5, 0.6) is 5.75 Å². The zero-order valence-corrected chi connectivity index (χ0v) is 14.6. The Morgan fingerprint density at radius 3 is 2.04 bits per heavy atom. The Bertz CT molecular complexity index is 1220. The molecule has 136 valence electrons. The molecular formula is C16H13NO7S2. The van der Waals surface area contributed by atoms with Gasteiger partial charge in [-0.1, -0.05) is 6.07 Å². The summed E-state index contributed by atoms with van der Waals surface area (Å²) in [5, 5.41) is 13.6. The van der Waals surface area contributed by atoms with E-state index in [2.05, 4.69) is 5.32 Å². The lowest BCUT2D eigenvalue weighted by molar-refractivity contribution is 0.471. The fourth-order valence-corrected chi connectivity index (χ4v) is 3.51. The summed E-state index contributed by atoms with van der Waals surface area (Å²) in [4.78, 5) is -0.734. The zero-order valence-electron chi connectivity index (χ0n) is 13.0. The van der Waals surface area contributed by atoms with Gasteiger partial charge in [0.1, 0.15) is 5.75 Å². The van der Waals surface area contributed by atoms with E-state index in [0.29, 0.717) is 22.1 Å². The van der Waals surface area contributed by atoms with E-state index in [1.165, 1.54) is 36.4 Å². The van der Waals surface area contributed by atoms with Crippen LogP contribution >= 0.6 is 0 Å². The van der Waals surface area contributed by atoms with Crippen LogP contribution < -0.4 is 5.32 Å². The predicted molar refractivity (Wildman–Crippen MR) is 95.0 cm³/mol. The van der Waals surface area contributed by atoms with Gasteiger partial charge in [0, 0.05) is 22.8 Å². The van der Waals surface area contributed by atoms with E-state index in [9.17, 15) is 21.9 Å². The van der Waals surface area contributed by atoms with Gasteiger partial charge in [-0.2, -0.15) is 16.8 Å². The summed E-state index contributed by atoms with van der Waals surface area (Å²) in [5.41, 5.74) is 0.839. The number of rotatable bonds is 4. The minimum Gasteiger partial charge on any atom is -0.507 e. The highest BCUT2D eigenvalue weighted by Gasteiger charge is 2.14. The molecule has 0 unspecified atom stereocenters. The first-order chi connectivity index (χ1) is 12.0. The van der Waals surface area contributed by atoms with Crippen molar-refractivity contribution in [3.8, 4) is 5.75 Å². The molecule has 0 saturated carbocycles. The van der Waals surface area contributed by atoms with Crippen LogP contribution in [-0.2, 0) is 20.2 Å². The first-order valence-electron chi connectivity index (χ1n) is 7.13. The Morgan fingerprint density at radius 1 is 0.731 bits per heavy atom. The van der Waals surface area contributed by atoms with Gasteiger partial charge in [0.15, 0.2) is 0 Å². The fraction of sp³-hybridized carbons (Fsp3) is 0. The molecule has 26 heavy (non-hydrogen) atoms. The number of benzene rings is 3. The second-order valence-electron chi connectivity index (χ2n) is 5.48. The number of phenolic OH excluding ortho intramolecular Hbond substituents is 1. The summed E-state index contributed by atoms with van der Waals surface area (Å²) in [5.74, 6) is -0.310. The number of fused-ring (bicyclic) bond motifs is 1. The van der Waals surface area contributed by atoms with Crippen molar-refractivity contribution in [2.45, 2.75) is 9.79 Å². The fourth-order valence-electron chi connectivity index (χ4n) is 2.45. The molecule has 3 aromatic carbocycles. The highest BCUT2D eigenvalue weighted by atomic mass is 32.2. The van der Waals surface area contributed by atoms with E-state index >= 15 is 0 Å². The van der Waals surface area contributed by atoms with Gasteiger partial charge in [-0.25, -0.2) is 0 Å². The van der Waals surface area contributed by atoms with Gasteiger partial charge in [-0.3, -0.25) is 9.11 Å². The standard InChI is InChI=1S/C16H13NO7S2/c18-16-9-14(26(22,23)24)7-10-6-12(4-5-15(10)16)17-11-2-1-3-13(8-11)25(19,20)21/h1-9,17-18H,(H,19,20,21)(H,22,23,24). The molecule has 10 heteroatoms. The molecule has 0 amide bonds. The minimum absolute atomic E-state index is 0.283. The molecule has 0 aromatic heterocycles. The number of hydrogen-bond donors (Lipinski definition) is 4. The Balaban J connectivity index is 2.04. The third-order valence-corrected chi connectivity index (χ3v) is 5.30. The average Bonchev–Trinajstić information content (AvgIpc) is 2.53. The minimum atomic E-state index is -4.49. The number of aromatic hydroxyl groups is 1. The Kier molecular flexibility index (Phi) is 4.36. The Hall–Kier alpha value is -2.66. The first kappa shape index (κ1) is 18.1.